The molecule has 0 unspecified atom stereocenters. The average Bonchev–Trinajstić information content (AvgIpc) is 2.78. The van der Waals surface area contributed by atoms with Gasteiger partial charge in [-0.3, -0.25) is 9.59 Å². The van der Waals surface area contributed by atoms with Gasteiger partial charge < -0.3 is 10.2 Å². The lowest BCUT2D eigenvalue weighted by Crippen LogP contribution is -2.37. The minimum absolute atomic E-state index is 0.0855. The maximum atomic E-state index is 12.1. The largest absolute Gasteiger partial charge is 0.389 e. The van der Waals surface area contributed by atoms with Crippen molar-refractivity contribution in [3.63, 3.8) is 0 Å². The van der Waals surface area contributed by atoms with Crippen LogP contribution < -0.4 is 5.32 Å². The molecule has 4 nitrogen and oxygen atoms in total. The number of likely N-dealkylation sites (tertiary alicyclic amines) is 1. The number of halogens is 4. The molecule has 2 rings (SSSR count). The molecule has 1 aromatic rings. The molecule has 1 aromatic carbocycles. The van der Waals surface area contributed by atoms with Gasteiger partial charge in [-0.25, -0.2) is 0 Å². The van der Waals surface area contributed by atoms with Crippen molar-refractivity contribution in [3.05, 3.63) is 34.9 Å². The quantitative estimate of drug-likeness (QED) is 0.889. The van der Waals surface area contributed by atoms with Gasteiger partial charge in [-0.05, 0) is 11.6 Å². The maximum Gasteiger partial charge on any atom is 0.389 e. The molecule has 1 heterocycles. The third kappa shape index (κ3) is 5.42. The van der Waals surface area contributed by atoms with Gasteiger partial charge in [-0.15, -0.1) is 0 Å². The number of hydrogen-bond acceptors (Lipinski definition) is 2. The fourth-order valence-corrected chi connectivity index (χ4v) is 2.60. The number of hydrogen-bond donors (Lipinski definition) is 1. The number of nitrogens with zero attached hydrogens (tertiary/aromatic N) is 1. The third-order valence-electron chi connectivity index (χ3n) is 3.53. The summed E-state index contributed by atoms with van der Waals surface area (Å²) in [5.41, 5.74) is 0.784. The second-order valence-corrected chi connectivity index (χ2v) is 5.86. The van der Waals surface area contributed by atoms with E-state index in [-0.39, 0.29) is 18.9 Å². The number of nitrogens with one attached hydrogen (secondary N) is 1. The highest BCUT2D eigenvalue weighted by Gasteiger charge is 2.32. The van der Waals surface area contributed by atoms with E-state index < -0.39 is 31.0 Å². The van der Waals surface area contributed by atoms with Crippen LogP contribution in [0.25, 0.3) is 0 Å². The maximum absolute atomic E-state index is 12.1. The number of benzene rings is 1. The van der Waals surface area contributed by atoms with Crippen LogP contribution in [0.1, 0.15) is 24.8 Å². The van der Waals surface area contributed by atoms with Crippen LogP contribution in [0, 0.1) is 0 Å². The van der Waals surface area contributed by atoms with Gasteiger partial charge in [-0.1, -0.05) is 29.8 Å². The summed E-state index contributed by atoms with van der Waals surface area (Å²) < 4.78 is 36.2. The van der Waals surface area contributed by atoms with E-state index in [4.69, 9.17) is 11.6 Å². The molecule has 2 amide bonds. The fourth-order valence-electron chi connectivity index (χ4n) is 2.41. The zero-order valence-corrected chi connectivity index (χ0v) is 13.0. The van der Waals surface area contributed by atoms with E-state index in [1.165, 1.54) is 4.90 Å². The summed E-state index contributed by atoms with van der Waals surface area (Å²) in [4.78, 5) is 25.0. The fraction of sp³-hybridized carbons (Fsp3) is 0.467. The van der Waals surface area contributed by atoms with Gasteiger partial charge >= 0.3 is 6.18 Å². The molecule has 126 valence electrons. The van der Waals surface area contributed by atoms with E-state index in [2.05, 4.69) is 5.32 Å². The van der Waals surface area contributed by atoms with Crippen molar-refractivity contribution in [1.29, 1.82) is 0 Å². The highest BCUT2D eigenvalue weighted by atomic mass is 35.5. The Balaban J connectivity index is 1.85. The summed E-state index contributed by atoms with van der Waals surface area (Å²) in [6.45, 7) is 0.579. The minimum atomic E-state index is -4.36. The summed E-state index contributed by atoms with van der Waals surface area (Å²) in [6, 6.07) is 6.63. The molecule has 1 aliphatic rings. The molecule has 1 aliphatic heterocycles. The Kier molecular flexibility index (Phi) is 5.51. The van der Waals surface area contributed by atoms with Gasteiger partial charge in [0.15, 0.2) is 0 Å². The van der Waals surface area contributed by atoms with Crippen LogP contribution in [0.5, 0.6) is 0 Å². The van der Waals surface area contributed by atoms with E-state index in [0.717, 1.165) is 5.56 Å². The van der Waals surface area contributed by atoms with E-state index in [9.17, 15) is 22.8 Å². The number of alkyl halides is 3. The number of amides is 2. The second kappa shape index (κ2) is 7.21. The topological polar surface area (TPSA) is 49.4 Å². The Labute approximate surface area is 136 Å². The Morgan fingerprint density at radius 2 is 2.04 bits per heavy atom. The van der Waals surface area contributed by atoms with Crippen LogP contribution in [-0.4, -0.2) is 35.5 Å². The molecule has 0 spiro atoms. The molecule has 8 heteroatoms. The van der Waals surface area contributed by atoms with E-state index in [0.29, 0.717) is 11.6 Å². The van der Waals surface area contributed by atoms with E-state index in [1.807, 2.05) is 0 Å². The summed E-state index contributed by atoms with van der Waals surface area (Å²) in [5.74, 6) is -0.856. The normalized spacial score (nSPS) is 18.3. The Hall–Kier alpha value is -1.76. The van der Waals surface area contributed by atoms with Gasteiger partial charge in [0.25, 0.3) is 0 Å². The van der Waals surface area contributed by atoms with Crippen molar-refractivity contribution >= 4 is 23.4 Å². The smallest absolute Gasteiger partial charge is 0.351 e. The summed E-state index contributed by atoms with van der Waals surface area (Å²) in [6.07, 6.45) is -6.07. The molecule has 0 aliphatic carbocycles. The van der Waals surface area contributed by atoms with Crippen LogP contribution in [-0.2, 0) is 16.1 Å². The number of rotatable bonds is 5. The van der Waals surface area contributed by atoms with Crippen LogP contribution >= 0.6 is 11.6 Å². The first kappa shape index (κ1) is 17.6. The zero-order chi connectivity index (χ0) is 17.0. The Bertz CT molecular complexity index is 592. The third-order valence-corrected chi connectivity index (χ3v) is 3.90. The molecule has 23 heavy (non-hydrogen) atoms. The van der Waals surface area contributed by atoms with E-state index in [1.54, 1.807) is 24.3 Å². The Morgan fingerprint density at radius 3 is 2.70 bits per heavy atom. The lowest BCUT2D eigenvalue weighted by molar-refractivity contribution is -0.144. The van der Waals surface area contributed by atoms with Gasteiger partial charge in [0.1, 0.15) is 0 Å². The van der Waals surface area contributed by atoms with Crippen LogP contribution in [0.15, 0.2) is 24.3 Å². The standard InChI is InChI=1S/C15H16ClF3N2O2/c16-12-4-2-1-3-10(12)8-21-9-11(7-14(21)23)20-13(22)5-6-15(17,18)19/h1-4,11H,5-9H2,(H,20,22)/t11-/m1/s1. The predicted octanol–water partition coefficient (Wildman–Crippen LogP) is 2.90. The SMILES string of the molecule is O=C(CCC(F)(F)F)N[C@@H]1CC(=O)N(Cc2ccccc2Cl)C1. The van der Waals surface area contributed by atoms with Crippen LogP contribution in [0.4, 0.5) is 13.2 Å². The molecule has 1 atom stereocenters. The Morgan fingerprint density at radius 1 is 1.35 bits per heavy atom. The van der Waals surface area contributed by atoms with Crippen LogP contribution in [0.3, 0.4) is 0 Å². The molecule has 0 saturated carbocycles. The summed E-state index contributed by atoms with van der Waals surface area (Å²) in [7, 11) is 0. The molecule has 1 fully saturated rings. The molecule has 1 saturated heterocycles. The lowest BCUT2D eigenvalue weighted by Gasteiger charge is -2.18. The van der Waals surface area contributed by atoms with Gasteiger partial charge in [0.2, 0.25) is 11.8 Å². The summed E-state index contributed by atoms with van der Waals surface area (Å²) >= 11 is 6.04. The first-order valence-electron chi connectivity index (χ1n) is 7.12. The van der Waals surface area contributed by atoms with Gasteiger partial charge in [-0.2, -0.15) is 13.2 Å². The highest BCUT2D eigenvalue weighted by Crippen LogP contribution is 2.22. The van der Waals surface area contributed by atoms with Crippen molar-refractivity contribution in [3.8, 4) is 0 Å². The molecule has 0 aromatic heterocycles. The van der Waals surface area contributed by atoms with Crippen molar-refractivity contribution in [2.45, 2.75) is 38.0 Å². The second-order valence-electron chi connectivity index (χ2n) is 5.45. The molecular formula is C15H16ClF3N2O2. The predicted molar refractivity (Wildman–Crippen MR) is 78.7 cm³/mol. The monoisotopic (exact) mass is 348 g/mol. The van der Waals surface area contributed by atoms with Crippen molar-refractivity contribution in [2.75, 3.05) is 6.54 Å². The van der Waals surface area contributed by atoms with Gasteiger partial charge in [0.05, 0.1) is 12.5 Å². The van der Waals surface area contributed by atoms with Gasteiger partial charge in [0, 0.05) is 31.0 Å². The first-order valence-corrected chi connectivity index (χ1v) is 7.49. The first-order chi connectivity index (χ1) is 10.7. The minimum Gasteiger partial charge on any atom is -0.351 e. The molecule has 0 bridgehead atoms. The molecule has 0 radical (unpaired) electrons. The van der Waals surface area contributed by atoms with E-state index >= 15 is 0 Å². The number of carbonyl (C=O) groups is 2. The number of carbonyl (C=O) groups excluding carboxylic acids is 2. The highest BCUT2D eigenvalue weighted by molar-refractivity contribution is 6.31. The summed E-state index contributed by atoms with van der Waals surface area (Å²) in [5, 5.41) is 3.02. The zero-order valence-electron chi connectivity index (χ0n) is 12.2. The van der Waals surface area contributed by atoms with Crippen molar-refractivity contribution < 1.29 is 22.8 Å². The molecular weight excluding hydrogens is 333 g/mol. The van der Waals surface area contributed by atoms with Crippen molar-refractivity contribution in [2.24, 2.45) is 0 Å². The lowest BCUT2D eigenvalue weighted by atomic mass is 10.2. The molecule has 1 N–H and O–H groups in total. The van der Waals surface area contributed by atoms with Crippen molar-refractivity contribution in [1.82, 2.24) is 10.2 Å². The van der Waals surface area contributed by atoms with Crippen LogP contribution in [0.2, 0.25) is 5.02 Å². The average molecular weight is 349 g/mol.